The monoisotopic (exact) mass is 2030 g/mol. The zero-order valence-corrected chi connectivity index (χ0v) is 82.1. The third-order valence-electron chi connectivity index (χ3n) is 16.2. The Bertz CT molecular complexity index is 5440. The molecular weight excluding hydrogens is 1920 g/mol. The van der Waals surface area contributed by atoms with Crippen molar-refractivity contribution in [2.75, 3.05) is 152 Å². The molecule has 1 saturated heterocycles. The van der Waals surface area contributed by atoms with E-state index in [-0.39, 0.29) is 74.5 Å². The average Bonchev–Trinajstić information content (AvgIpc) is 0.843. The molecule has 0 spiro atoms. The lowest BCUT2D eigenvalue weighted by molar-refractivity contribution is 0.0587. The average molecular weight is 2040 g/mol. The molecule has 0 bridgehead atoms. The standard InChI is InChI=1S/C13H17FN4.3C11H12FN3O2.6C9H10FN3/c14-12-5-4-6-13(11-12)17-15-7-8-16-18-9-2-1-3-10-18;3*1-13-6-7-14-15-9-5-3-4-8(12)10(9)11(16)17-2;6*1-11-5-6-12-13-9-4-2-3-8(10)7-9/h4-8,11,17H,1-3,9-10H2;3*3-7,15H,1-2H3;6*2-7,13H,1H3/b15-7+,16-8+;3*13-6?,14-7+;6*11-5?,12-6+. The highest BCUT2D eigenvalue weighted by Gasteiger charge is 2.20. The Morgan fingerprint density at radius 2 is 0.401 bits per heavy atom. The Balaban J connectivity index is 0.000000553. The number of piperidine rings is 1. The quantitative estimate of drug-likeness (QED) is 0.00589. The van der Waals surface area contributed by atoms with Crippen molar-refractivity contribution >= 4 is 199 Å². The van der Waals surface area contributed by atoms with Crippen LogP contribution in [-0.4, -0.2) is 245 Å². The van der Waals surface area contributed by atoms with E-state index in [2.05, 4.69) is 170 Å². The van der Waals surface area contributed by atoms with Gasteiger partial charge in [0, 0.05) is 132 Å². The molecule has 11 rings (SSSR count). The molecule has 0 radical (unpaired) electrons. The van der Waals surface area contributed by atoms with E-state index in [9.17, 15) is 58.3 Å². The van der Waals surface area contributed by atoms with E-state index >= 15 is 0 Å². The number of carbonyl (C=O) groups is 3. The van der Waals surface area contributed by atoms with E-state index in [4.69, 9.17) is 0 Å². The first kappa shape index (κ1) is 124. The van der Waals surface area contributed by atoms with Gasteiger partial charge in [-0.2, -0.15) is 56.1 Å². The lowest BCUT2D eigenvalue weighted by Gasteiger charge is -2.22. The number of nitrogens with zero attached hydrogens (tertiary/aromatic N) is 21. The van der Waals surface area contributed by atoms with Crippen molar-refractivity contribution in [2.24, 2.45) is 101 Å². The lowest BCUT2D eigenvalue weighted by Crippen LogP contribution is -2.24. The normalized spacial score (nSPS) is 11.8. The molecule has 147 heavy (non-hydrogen) atoms. The number of methoxy groups -OCH3 is 3. The second-order valence-electron chi connectivity index (χ2n) is 26.9. The number of anilines is 10. The van der Waals surface area contributed by atoms with Crippen LogP contribution in [0, 0.1) is 58.2 Å². The van der Waals surface area contributed by atoms with Gasteiger partial charge < -0.3 is 14.2 Å². The minimum Gasteiger partial charge on any atom is -0.465 e. The number of esters is 3. The molecule has 0 aliphatic carbocycles. The molecule has 774 valence electrons. The number of nitrogens with one attached hydrogen (secondary N) is 10. The highest BCUT2D eigenvalue weighted by Crippen LogP contribution is 2.24. The molecule has 10 N–H and O–H groups in total. The van der Waals surface area contributed by atoms with E-state index in [1.54, 1.807) is 161 Å². The maximum absolute atomic E-state index is 13.4. The number of ether oxygens (including phenoxy) is 3. The van der Waals surface area contributed by atoms with Gasteiger partial charge >= 0.3 is 17.9 Å². The van der Waals surface area contributed by atoms with Crippen molar-refractivity contribution in [2.45, 2.75) is 19.3 Å². The second-order valence-corrected chi connectivity index (χ2v) is 26.9. The molecule has 10 aromatic carbocycles. The minimum absolute atomic E-state index is 0.180. The summed E-state index contributed by atoms with van der Waals surface area (Å²) in [6.07, 6.45) is 33.6. The SMILES string of the molecule is CN=C/C=N/Nc1cccc(F)c1.CN=C/C=N/Nc1cccc(F)c1.CN=C/C=N/Nc1cccc(F)c1.CN=C/C=N/Nc1cccc(F)c1.CN=C/C=N/Nc1cccc(F)c1.CN=C/C=N/Nc1cccc(F)c1.CN=C/C=N/Nc1cccc(F)c1C(=O)OC.CN=C/C=N/Nc1cccc(F)c1C(=O)OC.CN=C/C=N/Nc1cccc(F)c1C(=O)OC.Fc1cccc(N/N=C/C=N/N2CCCCC2)c1. The molecule has 10 aromatic rings. The fourth-order valence-electron chi connectivity index (χ4n) is 9.84. The molecule has 0 aromatic heterocycles. The fraction of sp³-hybridized carbons (Fsp3) is 0.170. The van der Waals surface area contributed by atoms with E-state index in [1.807, 2.05) is 5.01 Å². The van der Waals surface area contributed by atoms with Gasteiger partial charge in [-0.25, -0.2) is 58.3 Å². The van der Waals surface area contributed by atoms with Crippen molar-refractivity contribution in [3.8, 4) is 0 Å². The Kier molecular flexibility index (Phi) is 69.2. The first-order valence-electron chi connectivity index (χ1n) is 43.2. The largest absolute Gasteiger partial charge is 0.465 e. The third-order valence-corrected chi connectivity index (χ3v) is 16.2. The molecule has 47 heteroatoms. The van der Waals surface area contributed by atoms with Gasteiger partial charge in [-0.05, 0) is 183 Å². The minimum atomic E-state index is -0.759. The second kappa shape index (κ2) is 81.9. The highest BCUT2D eigenvalue weighted by atomic mass is 19.2. The summed E-state index contributed by atoms with van der Waals surface area (Å²) < 4.78 is 142. The number of carbonyl (C=O) groups excluding carboxylic acids is 3. The number of aliphatic imine (C=N–C) groups is 9. The lowest BCUT2D eigenvalue weighted by atomic mass is 10.1. The Hall–Kier alpha value is -18.9. The van der Waals surface area contributed by atoms with Crippen molar-refractivity contribution in [3.63, 3.8) is 0 Å². The number of benzene rings is 10. The number of hydrazone groups is 11. The summed E-state index contributed by atoms with van der Waals surface area (Å²) in [6, 6.07) is 55.1. The molecule has 1 aliphatic heterocycles. The number of hydrogen-bond donors (Lipinski definition) is 10. The van der Waals surface area contributed by atoms with Gasteiger partial charge in [0.15, 0.2) is 0 Å². The summed E-state index contributed by atoms with van der Waals surface area (Å²) in [5, 5.41) is 44.2. The summed E-state index contributed by atoms with van der Waals surface area (Å²) in [5.41, 5.74) is 30.8. The van der Waals surface area contributed by atoms with Crippen LogP contribution in [0.2, 0.25) is 0 Å². The van der Waals surface area contributed by atoms with Crippen molar-refractivity contribution in [1.29, 1.82) is 0 Å². The summed E-state index contributed by atoms with van der Waals surface area (Å²) >= 11 is 0. The summed E-state index contributed by atoms with van der Waals surface area (Å²) in [7, 11) is 18.2. The number of halogens is 10. The molecule has 0 atom stereocenters. The Morgan fingerprint density at radius 1 is 0.231 bits per heavy atom. The smallest absolute Gasteiger partial charge is 0.343 e. The summed E-state index contributed by atoms with van der Waals surface area (Å²) in [4.78, 5) is 67.3. The molecule has 1 aliphatic rings. The van der Waals surface area contributed by atoms with Gasteiger partial charge in [0.2, 0.25) is 0 Å². The first-order chi connectivity index (χ1) is 71.4. The van der Waals surface area contributed by atoms with Crippen LogP contribution in [0.4, 0.5) is 101 Å². The topological polar surface area (TPSA) is 450 Å². The van der Waals surface area contributed by atoms with E-state index in [0.29, 0.717) is 39.8 Å². The van der Waals surface area contributed by atoms with Gasteiger partial charge in [-0.1, -0.05) is 60.7 Å². The van der Waals surface area contributed by atoms with Crippen molar-refractivity contribution in [1.82, 2.24) is 5.01 Å². The van der Waals surface area contributed by atoms with Crippen molar-refractivity contribution < 1.29 is 72.5 Å². The van der Waals surface area contributed by atoms with E-state index < -0.39 is 35.4 Å². The molecule has 0 saturated carbocycles. The summed E-state index contributed by atoms with van der Waals surface area (Å²) in [6.45, 7) is 2.03. The highest BCUT2D eigenvalue weighted by molar-refractivity contribution is 6.19. The Labute approximate surface area is 844 Å². The third kappa shape index (κ3) is 60.7. The van der Waals surface area contributed by atoms with Gasteiger partial charge in [0.05, 0.1) is 147 Å². The Morgan fingerprint density at radius 3 is 0.571 bits per heavy atom. The molecule has 1 fully saturated rings. The van der Waals surface area contributed by atoms with Gasteiger partial charge in [0.25, 0.3) is 0 Å². The molecule has 1 heterocycles. The first-order valence-corrected chi connectivity index (χ1v) is 43.2. The molecular formula is C100H113F10N31O6. The maximum Gasteiger partial charge on any atom is 0.343 e. The predicted molar refractivity (Wildman–Crippen MR) is 583 cm³/mol. The van der Waals surface area contributed by atoms with Crippen LogP contribution in [0.1, 0.15) is 50.3 Å². The van der Waals surface area contributed by atoms with Gasteiger partial charge in [-0.15, -0.1) is 0 Å². The van der Waals surface area contributed by atoms with Crippen LogP contribution < -0.4 is 54.3 Å². The zero-order valence-electron chi connectivity index (χ0n) is 82.1. The number of hydrogen-bond acceptors (Lipinski definition) is 37. The fourth-order valence-corrected chi connectivity index (χ4v) is 9.84. The predicted octanol–water partition coefficient (Wildman–Crippen LogP) is 19.4. The number of rotatable bonds is 34. The molecule has 0 amide bonds. The van der Waals surface area contributed by atoms with Crippen LogP contribution in [0.25, 0.3) is 0 Å². The van der Waals surface area contributed by atoms with Crippen LogP contribution in [0.3, 0.4) is 0 Å². The van der Waals surface area contributed by atoms with Crippen LogP contribution >= 0.6 is 0 Å². The van der Waals surface area contributed by atoms with Crippen LogP contribution in [0.15, 0.2) is 326 Å². The van der Waals surface area contributed by atoms with E-state index in [1.165, 1.54) is 292 Å². The molecule has 37 nitrogen and oxygen atoms in total. The van der Waals surface area contributed by atoms with Gasteiger partial charge in [-0.3, -0.25) is 104 Å². The van der Waals surface area contributed by atoms with Crippen molar-refractivity contribution in [3.05, 3.63) is 299 Å². The zero-order chi connectivity index (χ0) is 108. The summed E-state index contributed by atoms with van der Waals surface area (Å²) in [5.74, 6) is -6.28. The maximum atomic E-state index is 13.4. The van der Waals surface area contributed by atoms with Crippen LogP contribution in [-0.2, 0) is 14.2 Å². The van der Waals surface area contributed by atoms with Gasteiger partial charge in [0.1, 0.15) is 74.9 Å². The van der Waals surface area contributed by atoms with E-state index in [0.717, 1.165) is 13.1 Å². The molecule has 0 unspecified atom stereocenters. The van der Waals surface area contributed by atoms with Crippen LogP contribution in [0.5, 0.6) is 0 Å².